The van der Waals surface area contributed by atoms with Crippen molar-refractivity contribution in [1.29, 1.82) is 0 Å². The Kier molecular flexibility index (Phi) is 27.1. The van der Waals surface area contributed by atoms with Crippen LogP contribution in [0.3, 0.4) is 0 Å². The van der Waals surface area contributed by atoms with Gasteiger partial charge in [0, 0.05) is 11.4 Å². The number of hydrogen-bond acceptors (Lipinski definition) is 10. The average molecular weight is 1050 g/mol. The monoisotopic (exact) mass is 1050 g/mol. The normalized spacial score (nSPS) is 13.2. The molecular formula is C60H66N4Na2O10. The van der Waals surface area contributed by atoms with E-state index in [1.807, 2.05) is 173 Å². The third-order valence-electron chi connectivity index (χ3n) is 12.4. The number of hydrogen-bond donors (Lipinski definition) is 4. The molecule has 0 saturated carbocycles. The standard InChI is InChI=1S/2C30H34N2O5.2Na/c2*1-20(2)18-26(31-27(30(36)37)19-22-10-6-4-7-11-22)28(33)32(21(3)29(34)35)25-16-14-24(15-17-25)23-12-8-5-9-13-23;;/h2*4-17,20-21,26-27,31H,18-19H2,1-3H3,(H,34,35)(H,36,37);;/q;;2*+1/p-2/t2*21-,26-,27-;;/m00../s1. The van der Waals surface area contributed by atoms with Crippen LogP contribution in [0.1, 0.15) is 65.5 Å². The molecule has 16 heteroatoms. The van der Waals surface area contributed by atoms with Gasteiger partial charge in [-0.1, -0.05) is 173 Å². The zero-order valence-electron chi connectivity index (χ0n) is 44.7. The van der Waals surface area contributed by atoms with Gasteiger partial charge < -0.3 is 39.8 Å². The molecule has 0 unspecified atom stereocenters. The summed E-state index contributed by atoms with van der Waals surface area (Å²) in [5.74, 6) is -5.91. The van der Waals surface area contributed by atoms with Crippen LogP contribution in [0.4, 0.5) is 11.4 Å². The number of nitrogens with zero attached hydrogens (tertiary/aromatic N) is 2. The van der Waals surface area contributed by atoms with Crippen LogP contribution < -0.4 is 89.8 Å². The van der Waals surface area contributed by atoms with E-state index in [1.54, 1.807) is 24.3 Å². The van der Waals surface area contributed by atoms with Gasteiger partial charge in [-0.05, 0) is 109 Å². The van der Waals surface area contributed by atoms with E-state index in [2.05, 4.69) is 10.6 Å². The van der Waals surface area contributed by atoms with Gasteiger partial charge in [-0.25, -0.2) is 0 Å². The molecule has 6 rings (SSSR count). The molecule has 0 aromatic heterocycles. The molecule has 6 atom stereocenters. The maximum atomic E-state index is 13.9. The van der Waals surface area contributed by atoms with E-state index in [1.165, 1.54) is 23.6 Å². The smallest absolute Gasteiger partial charge is 0.548 e. The number of amides is 2. The molecule has 0 saturated heterocycles. The predicted octanol–water partition coefficient (Wildman–Crippen LogP) is 1.06. The van der Waals surface area contributed by atoms with E-state index in [0.29, 0.717) is 24.2 Å². The minimum atomic E-state index is -1.40. The van der Waals surface area contributed by atoms with E-state index in [-0.39, 0.29) is 83.8 Å². The van der Waals surface area contributed by atoms with E-state index >= 15 is 0 Å². The molecule has 2 amide bonds. The fourth-order valence-electron chi connectivity index (χ4n) is 8.56. The van der Waals surface area contributed by atoms with Crippen molar-refractivity contribution in [3.63, 3.8) is 0 Å². The van der Waals surface area contributed by atoms with Crippen molar-refractivity contribution in [2.75, 3.05) is 9.80 Å². The number of anilines is 2. The number of rotatable bonds is 24. The molecule has 6 aromatic carbocycles. The summed E-state index contributed by atoms with van der Waals surface area (Å²) in [6, 6.07) is 45.4. The Hall–Kier alpha value is -5.94. The number of aliphatic carboxylic acids is 4. The Balaban J connectivity index is 0.000000390. The van der Waals surface area contributed by atoms with Crippen LogP contribution in [0.5, 0.6) is 0 Å². The topological polar surface area (TPSA) is 220 Å². The Labute approximate surface area is 490 Å². The van der Waals surface area contributed by atoms with Crippen LogP contribution in [0, 0.1) is 11.8 Å². The summed E-state index contributed by atoms with van der Waals surface area (Å²) in [5.41, 5.74) is 6.24. The van der Waals surface area contributed by atoms with Crippen molar-refractivity contribution in [1.82, 2.24) is 10.6 Å². The number of carbonyl (C=O) groups is 6. The first-order valence-electron chi connectivity index (χ1n) is 24.8. The zero-order valence-corrected chi connectivity index (χ0v) is 48.7. The molecule has 0 aliphatic carbocycles. The number of nitrogens with one attached hydrogen (secondary N) is 2. The van der Waals surface area contributed by atoms with Crippen molar-refractivity contribution in [3.8, 4) is 22.3 Å². The summed E-state index contributed by atoms with van der Waals surface area (Å²) in [6.07, 6.45) is 1.02. The SMILES string of the molecule is CC(C)C[C@H](N[C@@H](Cc1ccccc1)C(=O)O)C(=O)N(c1ccc(-c2ccccc2)cc1)[C@@H](C)C(=O)[O-].CC(C)C[C@H](N[C@@H](Cc1ccccc1)C(=O)O)C(=O)N(c1ccc(-c2ccccc2)cc1)[C@@H](C)C(=O)[O-].[Na+].[Na+]. The molecule has 6 aromatic rings. The molecule has 76 heavy (non-hydrogen) atoms. The number of benzene rings is 6. The third-order valence-corrected chi connectivity index (χ3v) is 12.4. The van der Waals surface area contributed by atoms with Gasteiger partial charge in [0.2, 0.25) is 11.8 Å². The van der Waals surface area contributed by atoms with Gasteiger partial charge in [-0.3, -0.25) is 29.8 Å². The number of carbonyl (C=O) groups excluding carboxylic acids is 4. The molecule has 388 valence electrons. The minimum absolute atomic E-state index is 0. The third kappa shape index (κ3) is 19.3. The maximum Gasteiger partial charge on any atom is 1.00 e. The fourth-order valence-corrected chi connectivity index (χ4v) is 8.56. The second-order valence-corrected chi connectivity index (χ2v) is 19.1. The Morgan fingerprint density at radius 2 is 0.671 bits per heavy atom. The predicted molar refractivity (Wildman–Crippen MR) is 284 cm³/mol. The van der Waals surface area contributed by atoms with Gasteiger partial charge in [0.15, 0.2) is 0 Å². The largest absolute Gasteiger partial charge is 1.00 e. The quantitative estimate of drug-likeness (QED) is 0.0626. The van der Waals surface area contributed by atoms with Crippen LogP contribution in [-0.4, -0.2) is 82.2 Å². The summed E-state index contributed by atoms with van der Waals surface area (Å²) < 4.78 is 0. The van der Waals surface area contributed by atoms with E-state index in [0.717, 1.165) is 33.4 Å². The molecule has 0 spiro atoms. The van der Waals surface area contributed by atoms with Crippen molar-refractivity contribution >= 4 is 47.1 Å². The number of carboxylic acids is 4. The zero-order chi connectivity index (χ0) is 53.9. The van der Waals surface area contributed by atoms with Gasteiger partial charge >= 0.3 is 71.1 Å². The van der Waals surface area contributed by atoms with Crippen molar-refractivity contribution in [2.45, 2.75) is 103 Å². The summed E-state index contributed by atoms with van der Waals surface area (Å²) in [5, 5.41) is 49.6. The Morgan fingerprint density at radius 3 is 0.921 bits per heavy atom. The number of carboxylic acid groups (broad SMARTS) is 4. The van der Waals surface area contributed by atoms with Crippen molar-refractivity contribution in [3.05, 3.63) is 181 Å². The van der Waals surface area contributed by atoms with Crippen LogP contribution in [0.2, 0.25) is 0 Å². The van der Waals surface area contributed by atoms with Crippen LogP contribution in [0.25, 0.3) is 22.3 Å². The first-order chi connectivity index (χ1) is 35.3. The fraction of sp³-hybridized carbons (Fsp3) is 0.300. The van der Waals surface area contributed by atoms with Crippen molar-refractivity contribution in [2.24, 2.45) is 11.8 Å². The summed E-state index contributed by atoms with van der Waals surface area (Å²) in [4.78, 5) is 78.1. The van der Waals surface area contributed by atoms with Gasteiger partial charge in [-0.15, -0.1) is 0 Å². The van der Waals surface area contributed by atoms with E-state index in [4.69, 9.17) is 0 Å². The summed E-state index contributed by atoms with van der Waals surface area (Å²) in [7, 11) is 0. The van der Waals surface area contributed by atoms with Crippen LogP contribution in [0.15, 0.2) is 170 Å². The second kappa shape index (κ2) is 32.0. The van der Waals surface area contributed by atoms with Crippen LogP contribution >= 0.6 is 0 Å². The molecule has 4 N–H and O–H groups in total. The van der Waals surface area contributed by atoms with E-state index < -0.39 is 71.9 Å². The van der Waals surface area contributed by atoms with Gasteiger partial charge in [0.05, 0.1) is 36.1 Å². The average Bonchev–Trinajstić information content (AvgIpc) is 3.39. The molecule has 0 bridgehead atoms. The molecule has 0 aliphatic rings. The molecular weight excluding hydrogens is 983 g/mol. The molecule has 0 fully saturated rings. The second-order valence-electron chi connectivity index (χ2n) is 19.1. The summed E-state index contributed by atoms with van der Waals surface area (Å²) >= 11 is 0. The first kappa shape index (κ1) is 64.3. The molecule has 0 aliphatic heterocycles. The van der Waals surface area contributed by atoms with Crippen LogP contribution in [-0.2, 0) is 41.6 Å². The van der Waals surface area contributed by atoms with E-state index in [9.17, 15) is 49.2 Å². The molecule has 0 radical (unpaired) electrons. The van der Waals surface area contributed by atoms with Gasteiger partial charge in [0.1, 0.15) is 12.1 Å². The maximum absolute atomic E-state index is 13.9. The Bertz CT molecular complexity index is 2560. The van der Waals surface area contributed by atoms with Gasteiger partial charge in [-0.2, -0.15) is 0 Å². The Morgan fingerprint density at radius 1 is 0.408 bits per heavy atom. The van der Waals surface area contributed by atoms with Crippen molar-refractivity contribution < 1.29 is 108 Å². The minimum Gasteiger partial charge on any atom is -0.548 e. The van der Waals surface area contributed by atoms with Gasteiger partial charge in [0.25, 0.3) is 0 Å². The molecule has 14 nitrogen and oxygen atoms in total. The first-order valence-corrected chi connectivity index (χ1v) is 24.8. The molecule has 0 heterocycles. The summed E-state index contributed by atoms with van der Waals surface area (Å²) in [6.45, 7) is 10.5.